The Balaban J connectivity index is 0.00000200. The Morgan fingerprint density at radius 3 is 2.60 bits per heavy atom. The first-order chi connectivity index (χ1) is 8.79. The van der Waals surface area contributed by atoms with Gasteiger partial charge in [-0.3, -0.25) is 4.79 Å². The summed E-state index contributed by atoms with van der Waals surface area (Å²) in [5, 5.41) is 9.52. The summed E-state index contributed by atoms with van der Waals surface area (Å²) in [5.74, 6) is 0.231. The number of amides is 1. The number of benzene rings is 1. The van der Waals surface area contributed by atoms with Gasteiger partial charge in [0.15, 0.2) is 0 Å². The average Bonchev–Trinajstić information content (AvgIpc) is 2.35. The predicted octanol–water partition coefficient (Wildman–Crippen LogP) is 2.07. The van der Waals surface area contributed by atoms with Crippen molar-refractivity contribution in [3.63, 3.8) is 0 Å². The number of nitrogens with two attached hydrogens (primary N) is 1. The fourth-order valence-electron chi connectivity index (χ4n) is 2.30. The summed E-state index contributed by atoms with van der Waals surface area (Å²) in [7, 11) is 0. The summed E-state index contributed by atoms with van der Waals surface area (Å²) in [6.45, 7) is 7.14. The van der Waals surface area contributed by atoms with E-state index in [2.05, 4.69) is 0 Å². The van der Waals surface area contributed by atoms with Gasteiger partial charge in [0.25, 0.3) is 0 Å². The molecule has 1 amide bonds. The zero-order valence-electron chi connectivity index (χ0n) is 12.2. The number of fused-ring (bicyclic) bond motifs is 1. The van der Waals surface area contributed by atoms with Crippen LogP contribution in [0.25, 0.3) is 0 Å². The second-order valence-corrected chi connectivity index (χ2v) is 6.31. The van der Waals surface area contributed by atoms with Crippen molar-refractivity contribution in [1.82, 2.24) is 4.90 Å². The first kappa shape index (κ1) is 16.8. The Bertz CT molecular complexity index is 497. The van der Waals surface area contributed by atoms with Gasteiger partial charge in [0.1, 0.15) is 5.75 Å². The quantitative estimate of drug-likeness (QED) is 0.834. The lowest BCUT2D eigenvalue weighted by atomic mass is 9.86. The van der Waals surface area contributed by atoms with E-state index < -0.39 is 6.04 Å². The average molecular weight is 299 g/mol. The lowest BCUT2D eigenvalue weighted by Gasteiger charge is -2.35. The smallest absolute Gasteiger partial charge is 0.240 e. The third kappa shape index (κ3) is 3.44. The number of rotatable bonds is 1. The maximum Gasteiger partial charge on any atom is 0.240 e. The minimum atomic E-state index is -0.494. The van der Waals surface area contributed by atoms with Gasteiger partial charge in [-0.2, -0.15) is 0 Å². The van der Waals surface area contributed by atoms with Gasteiger partial charge in [0, 0.05) is 13.1 Å². The molecule has 1 aromatic rings. The fourth-order valence-corrected chi connectivity index (χ4v) is 2.30. The highest BCUT2D eigenvalue weighted by molar-refractivity contribution is 5.85. The number of phenolic OH excluding ortho intramolecular Hbond substituents is 1. The number of carbonyl (C=O) groups is 1. The van der Waals surface area contributed by atoms with Crippen LogP contribution < -0.4 is 5.73 Å². The molecule has 1 aromatic carbocycles. The predicted molar refractivity (Wildman–Crippen MR) is 81.9 cm³/mol. The number of hydrogen-bond acceptors (Lipinski definition) is 3. The van der Waals surface area contributed by atoms with Crippen LogP contribution in [0.1, 0.15) is 31.9 Å². The molecule has 0 saturated carbocycles. The van der Waals surface area contributed by atoms with Crippen LogP contribution in [-0.4, -0.2) is 28.5 Å². The molecule has 0 unspecified atom stereocenters. The van der Waals surface area contributed by atoms with Crippen molar-refractivity contribution in [1.29, 1.82) is 0 Å². The Hall–Kier alpha value is -1.26. The van der Waals surface area contributed by atoms with E-state index in [4.69, 9.17) is 5.73 Å². The third-order valence-corrected chi connectivity index (χ3v) is 3.71. The minimum absolute atomic E-state index is 0. The lowest BCUT2D eigenvalue weighted by molar-refractivity contribution is -0.135. The van der Waals surface area contributed by atoms with Gasteiger partial charge in [0.2, 0.25) is 5.91 Å². The molecular formula is C15H23ClN2O2. The van der Waals surface area contributed by atoms with Gasteiger partial charge < -0.3 is 15.7 Å². The molecule has 112 valence electrons. The summed E-state index contributed by atoms with van der Waals surface area (Å²) in [4.78, 5) is 14.2. The molecule has 0 aliphatic carbocycles. The normalized spacial score (nSPS) is 16.1. The van der Waals surface area contributed by atoms with E-state index in [0.717, 1.165) is 12.0 Å². The molecule has 0 saturated heterocycles. The van der Waals surface area contributed by atoms with Crippen LogP contribution in [0.5, 0.6) is 5.75 Å². The van der Waals surface area contributed by atoms with Crippen molar-refractivity contribution in [2.24, 2.45) is 11.1 Å². The summed E-state index contributed by atoms with van der Waals surface area (Å²) in [5.41, 5.74) is 8.01. The first-order valence-electron chi connectivity index (χ1n) is 6.64. The summed E-state index contributed by atoms with van der Waals surface area (Å²) >= 11 is 0. The Morgan fingerprint density at radius 1 is 1.35 bits per heavy atom. The van der Waals surface area contributed by atoms with E-state index in [1.165, 1.54) is 5.56 Å². The highest BCUT2D eigenvalue weighted by atomic mass is 35.5. The Labute approximate surface area is 126 Å². The highest BCUT2D eigenvalue weighted by Gasteiger charge is 2.32. The molecule has 0 spiro atoms. The standard InChI is InChI=1S/C15H22N2O2.ClH/c1-15(2,3)13(16)14(19)17-7-6-10-4-5-12(18)8-11(10)9-17;/h4-5,8,13,18H,6-7,9,16H2,1-3H3;1H/t13-;/m1./s1. The van der Waals surface area contributed by atoms with Crippen LogP contribution in [-0.2, 0) is 17.8 Å². The molecule has 0 bridgehead atoms. The van der Waals surface area contributed by atoms with Crippen LogP contribution in [0.3, 0.4) is 0 Å². The molecule has 1 aliphatic heterocycles. The van der Waals surface area contributed by atoms with Crippen molar-refractivity contribution in [2.45, 2.75) is 39.8 Å². The molecule has 0 aromatic heterocycles. The van der Waals surface area contributed by atoms with Crippen LogP contribution in [0.4, 0.5) is 0 Å². The zero-order valence-corrected chi connectivity index (χ0v) is 13.0. The SMILES string of the molecule is CC(C)(C)[C@H](N)C(=O)N1CCc2ccc(O)cc2C1.Cl. The monoisotopic (exact) mass is 298 g/mol. The van der Waals surface area contributed by atoms with Crippen LogP contribution in [0, 0.1) is 5.41 Å². The maximum absolute atomic E-state index is 12.4. The fraction of sp³-hybridized carbons (Fsp3) is 0.533. The molecule has 0 fully saturated rings. The van der Waals surface area contributed by atoms with Crippen molar-refractivity contribution in [3.8, 4) is 5.75 Å². The van der Waals surface area contributed by atoms with Gasteiger partial charge in [0.05, 0.1) is 6.04 Å². The van der Waals surface area contributed by atoms with Crippen LogP contribution in [0.15, 0.2) is 18.2 Å². The van der Waals surface area contributed by atoms with Crippen molar-refractivity contribution in [3.05, 3.63) is 29.3 Å². The molecular weight excluding hydrogens is 276 g/mol. The van der Waals surface area contributed by atoms with Gasteiger partial charge >= 0.3 is 0 Å². The molecule has 20 heavy (non-hydrogen) atoms. The van der Waals surface area contributed by atoms with Gasteiger partial charge in [-0.15, -0.1) is 12.4 Å². The first-order valence-corrected chi connectivity index (χ1v) is 6.64. The van der Waals surface area contributed by atoms with E-state index in [1.807, 2.05) is 26.8 Å². The molecule has 3 N–H and O–H groups in total. The van der Waals surface area contributed by atoms with Gasteiger partial charge in [-0.05, 0) is 35.1 Å². The zero-order chi connectivity index (χ0) is 14.2. The van der Waals surface area contributed by atoms with E-state index in [-0.39, 0.29) is 29.5 Å². The molecule has 1 heterocycles. The number of halogens is 1. The number of nitrogens with zero attached hydrogens (tertiary/aromatic N) is 1. The Morgan fingerprint density at radius 2 is 2.00 bits per heavy atom. The third-order valence-electron chi connectivity index (χ3n) is 3.71. The molecule has 5 heteroatoms. The van der Waals surface area contributed by atoms with Gasteiger partial charge in [-0.25, -0.2) is 0 Å². The number of aromatic hydroxyl groups is 1. The van der Waals surface area contributed by atoms with E-state index in [1.54, 1.807) is 17.0 Å². The topological polar surface area (TPSA) is 66.6 Å². The van der Waals surface area contributed by atoms with E-state index in [0.29, 0.717) is 13.1 Å². The molecule has 4 nitrogen and oxygen atoms in total. The van der Waals surface area contributed by atoms with Crippen molar-refractivity contribution < 1.29 is 9.90 Å². The van der Waals surface area contributed by atoms with E-state index >= 15 is 0 Å². The summed E-state index contributed by atoms with van der Waals surface area (Å²) in [6, 6.07) is 4.86. The van der Waals surface area contributed by atoms with Crippen molar-refractivity contribution in [2.75, 3.05) is 6.54 Å². The molecule has 0 radical (unpaired) electrons. The summed E-state index contributed by atoms with van der Waals surface area (Å²) < 4.78 is 0. The van der Waals surface area contributed by atoms with Gasteiger partial charge in [-0.1, -0.05) is 26.8 Å². The van der Waals surface area contributed by atoms with Crippen LogP contribution in [0.2, 0.25) is 0 Å². The minimum Gasteiger partial charge on any atom is -0.508 e. The highest BCUT2D eigenvalue weighted by Crippen LogP contribution is 2.25. The molecule has 2 rings (SSSR count). The molecule has 1 atom stereocenters. The Kier molecular flexibility index (Phi) is 5.05. The lowest BCUT2D eigenvalue weighted by Crippen LogP contribution is -2.51. The summed E-state index contributed by atoms with van der Waals surface area (Å²) in [6.07, 6.45) is 0.818. The maximum atomic E-state index is 12.4. The van der Waals surface area contributed by atoms with Crippen molar-refractivity contribution >= 4 is 18.3 Å². The second-order valence-electron chi connectivity index (χ2n) is 6.31. The molecule has 1 aliphatic rings. The van der Waals surface area contributed by atoms with E-state index in [9.17, 15) is 9.90 Å². The second kappa shape index (κ2) is 6.02. The number of hydrogen-bond donors (Lipinski definition) is 2. The number of phenols is 1. The van der Waals surface area contributed by atoms with Crippen LogP contribution >= 0.6 is 12.4 Å². The number of carbonyl (C=O) groups excluding carboxylic acids is 1. The largest absolute Gasteiger partial charge is 0.508 e.